The van der Waals surface area contributed by atoms with Crippen LogP contribution in [-0.4, -0.2) is 25.5 Å². The van der Waals surface area contributed by atoms with Crippen molar-refractivity contribution in [2.45, 2.75) is 44.6 Å². The second kappa shape index (κ2) is 9.06. The molecule has 1 atom stereocenters. The lowest BCUT2D eigenvalue weighted by molar-refractivity contribution is -0.125. The first-order chi connectivity index (χ1) is 9.70. The van der Waals surface area contributed by atoms with Crippen molar-refractivity contribution in [2.24, 2.45) is 5.92 Å². The van der Waals surface area contributed by atoms with Crippen LogP contribution in [0.3, 0.4) is 0 Å². The number of amides is 1. The van der Waals surface area contributed by atoms with E-state index in [1.54, 1.807) is 0 Å². The number of hydrogen-bond acceptors (Lipinski definition) is 2. The maximum Gasteiger partial charge on any atom is 0.224 e. The Morgan fingerprint density at radius 3 is 2.38 bits per heavy atom. The number of rotatable bonds is 5. The molecule has 0 bridgehead atoms. The average molecular weight is 311 g/mol. The van der Waals surface area contributed by atoms with Crippen LogP contribution in [0.2, 0.25) is 0 Å². The molecular weight excluding hydrogens is 284 g/mol. The molecule has 1 unspecified atom stereocenters. The van der Waals surface area contributed by atoms with Crippen LogP contribution >= 0.6 is 12.4 Å². The minimum absolute atomic E-state index is 0. The number of carbonyl (C=O) groups excluding carboxylic acids is 1. The molecule has 1 aromatic rings. The zero-order chi connectivity index (χ0) is 14.4. The van der Waals surface area contributed by atoms with Gasteiger partial charge >= 0.3 is 0 Å². The van der Waals surface area contributed by atoms with Gasteiger partial charge in [-0.1, -0.05) is 37.3 Å². The average Bonchev–Trinajstić information content (AvgIpc) is 2.49. The molecule has 0 spiro atoms. The molecule has 1 saturated carbocycles. The Kier molecular flexibility index (Phi) is 7.76. The third-order valence-corrected chi connectivity index (χ3v) is 4.30. The van der Waals surface area contributed by atoms with E-state index < -0.39 is 0 Å². The summed E-state index contributed by atoms with van der Waals surface area (Å²) < 4.78 is 0. The molecule has 0 heterocycles. The fraction of sp³-hybridized carbons (Fsp3) is 0.588. The van der Waals surface area contributed by atoms with Crippen LogP contribution in [0.5, 0.6) is 0 Å². The second-order valence-corrected chi connectivity index (χ2v) is 5.93. The van der Waals surface area contributed by atoms with Gasteiger partial charge in [0.15, 0.2) is 0 Å². The van der Waals surface area contributed by atoms with Gasteiger partial charge in [0.25, 0.3) is 0 Å². The number of carbonyl (C=O) groups is 1. The smallest absolute Gasteiger partial charge is 0.224 e. The van der Waals surface area contributed by atoms with Crippen molar-refractivity contribution >= 4 is 18.3 Å². The SMILES string of the molecule is CNCC(C)C(=O)NC1CCC(c2ccccc2)CC1.Cl. The minimum atomic E-state index is 0. The molecule has 1 aromatic carbocycles. The Balaban J connectivity index is 0.00000220. The van der Waals surface area contributed by atoms with E-state index in [4.69, 9.17) is 0 Å². The fourth-order valence-electron chi connectivity index (χ4n) is 3.04. The number of halogens is 1. The van der Waals surface area contributed by atoms with Gasteiger partial charge in [-0.2, -0.15) is 0 Å². The molecule has 21 heavy (non-hydrogen) atoms. The van der Waals surface area contributed by atoms with Crippen LogP contribution in [0.4, 0.5) is 0 Å². The molecule has 1 fully saturated rings. The first-order valence-electron chi connectivity index (χ1n) is 7.70. The third kappa shape index (κ3) is 5.33. The first kappa shape index (κ1) is 18.0. The summed E-state index contributed by atoms with van der Waals surface area (Å²) in [6.07, 6.45) is 4.54. The Morgan fingerprint density at radius 1 is 1.19 bits per heavy atom. The zero-order valence-corrected chi connectivity index (χ0v) is 13.8. The van der Waals surface area contributed by atoms with Gasteiger partial charge in [-0.05, 0) is 44.2 Å². The van der Waals surface area contributed by atoms with E-state index in [1.165, 1.54) is 18.4 Å². The summed E-state index contributed by atoms with van der Waals surface area (Å²) in [5.74, 6) is 0.897. The van der Waals surface area contributed by atoms with E-state index in [2.05, 4.69) is 41.0 Å². The Bertz CT molecular complexity index is 416. The molecule has 2 rings (SSSR count). The van der Waals surface area contributed by atoms with Crippen LogP contribution in [0.1, 0.15) is 44.1 Å². The monoisotopic (exact) mass is 310 g/mol. The molecule has 4 heteroatoms. The molecule has 3 nitrogen and oxygen atoms in total. The van der Waals surface area contributed by atoms with E-state index in [1.807, 2.05) is 14.0 Å². The van der Waals surface area contributed by atoms with Gasteiger partial charge in [-0.15, -0.1) is 12.4 Å². The summed E-state index contributed by atoms with van der Waals surface area (Å²) in [5.41, 5.74) is 1.45. The standard InChI is InChI=1S/C17H26N2O.ClH/c1-13(12-18-2)17(20)19-16-10-8-15(9-11-16)14-6-4-3-5-7-14;/h3-7,13,15-16,18H,8-12H2,1-2H3,(H,19,20);1H. The summed E-state index contributed by atoms with van der Waals surface area (Å²) in [7, 11) is 1.88. The summed E-state index contributed by atoms with van der Waals surface area (Å²) in [5, 5.41) is 6.25. The lowest BCUT2D eigenvalue weighted by atomic mass is 9.81. The predicted octanol–water partition coefficient (Wildman–Crippen LogP) is 3.11. The van der Waals surface area contributed by atoms with Crippen LogP contribution in [0, 0.1) is 5.92 Å². The topological polar surface area (TPSA) is 41.1 Å². The quantitative estimate of drug-likeness (QED) is 0.877. The number of hydrogen-bond donors (Lipinski definition) is 2. The van der Waals surface area contributed by atoms with Gasteiger partial charge in [0.05, 0.1) is 0 Å². The van der Waals surface area contributed by atoms with Gasteiger partial charge in [0.2, 0.25) is 5.91 Å². The summed E-state index contributed by atoms with van der Waals surface area (Å²) in [6, 6.07) is 11.1. The second-order valence-electron chi connectivity index (χ2n) is 5.93. The van der Waals surface area contributed by atoms with Gasteiger partial charge in [-0.25, -0.2) is 0 Å². The summed E-state index contributed by atoms with van der Waals surface area (Å²) in [6.45, 7) is 2.71. The summed E-state index contributed by atoms with van der Waals surface area (Å²) in [4.78, 5) is 12.0. The van der Waals surface area contributed by atoms with E-state index in [-0.39, 0.29) is 24.2 Å². The van der Waals surface area contributed by atoms with Crippen molar-refractivity contribution in [3.8, 4) is 0 Å². The molecule has 0 radical (unpaired) electrons. The Morgan fingerprint density at radius 2 is 1.81 bits per heavy atom. The van der Waals surface area contributed by atoms with Crippen molar-refractivity contribution < 1.29 is 4.79 Å². The highest BCUT2D eigenvalue weighted by Crippen LogP contribution is 2.32. The molecule has 2 N–H and O–H groups in total. The van der Waals surface area contributed by atoms with Crippen LogP contribution in [0.15, 0.2) is 30.3 Å². The lowest BCUT2D eigenvalue weighted by Crippen LogP contribution is -2.42. The van der Waals surface area contributed by atoms with Gasteiger partial charge < -0.3 is 10.6 Å². The molecule has 1 aliphatic rings. The van der Waals surface area contributed by atoms with E-state index in [0.717, 1.165) is 19.4 Å². The highest BCUT2D eigenvalue weighted by molar-refractivity contribution is 5.85. The van der Waals surface area contributed by atoms with Crippen molar-refractivity contribution in [2.75, 3.05) is 13.6 Å². The highest BCUT2D eigenvalue weighted by Gasteiger charge is 2.24. The Hall–Kier alpha value is -1.06. The van der Waals surface area contributed by atoms with E-state index in [9.17, 15) is 4.79 Å². The molecule has 0 saturated heterocycles. The first-order valence-corrected chi connectivity index (χ1v) is 7.70. The maximum absolute atomic E-state index is 12.0. The van der Waals surface area contributed by atoms with E-state index in [0.29, 0.717) is 12.0 Å². The summed E-state index contributed by atoms with van der Waals surface area (Å²) >= 11 is 0. The normalized spacial score (nSPS) is 23.0. The number of nitrogens with one attached hydrogen (secondary N) is 2. The van der Waals surface area contributed by atoms with E-state index >= 15 is 0 Å². The van der Waals surface area contributed by atoms with Gasteiger partial charge in [0.1, 0.15) is 0 Å². The van der Waals surface area contributed by atoms with Crippen molar-refractivity contribution in [3.05, 3.63) is 35.9 Å². The predicted molar refractivity (Wildman–Crippen MR) is 89.9 cm³/mol. The highest BCUT2D eigenvalue weighted by atomic mass is 35.5. The third-order valence-electron chi connectivity index (χ3n) is 4.30. The molecule has 0 aliphatic heterocycles. The molecule has 118 valence electrons. The van der Waals surface area contributed by atoms with Crippen molar-refractivity contribution in [1.82, 2.24) is 10.6 Å². The van der Waals surface area contributed by atoms with Crippen molar-refractivity contribution in [1.29, 1.82) is 0 Å². The fourth-order valence-corrected chi connectivity index (χ4v) is 3.04. The zero-order valence-electron chi connectivity index (χ0n) is 13.0. The van der Waals surface area contributed by atoms with Crippen LogP contribution < -0.4 is 10.6 Å². The molecule has 0 aromatic heterocycles. The maximum atomic E-state index is 12.0. The molecular formula is C17H27ClN2O. The largest absolute Gasteiger partial charge is 0.353 e. The van der Waals surface area contributed by atoms with Crippen molar-refractivity contribution in [3.63, 3.8) is 0 Å². The Labute approximate surface area is 134 Å². The van der Waals surface area contributed by atoms with Crippen LogP contribution in [0.25, 0.3) is 0 Å². The number of benzene rings is 1. The minimum Gasteiger partial charge on any atom is -0.353 e. The van der Waals surface area contributed by atoms with Crippen LogP contribution in [-0.2, 0) is 4.79 Å². The lowest BCUT2D eigenvalue weighted by Gasteiger charge is -2.30. The molecule has 1 amide bonds. The molecule has 1 aliphatic carbocycles. The van der Waals surface area contributed by atoms with Gasteiger partial charge in [0, 0.05) is 18.5 Å². The van der Waals surface area contributed by atoms with Gasteiger partial charge in [-0.3, -0.25) is 4.79 Å².